The number of nitrogens with two attached hydrogens (primary N) is 1. The Kier molecular flexibility index (Phi) is 7.43. The van der Waals surface area contributed by atoms with Gasteiger partial charge in [-0.2, -0.15) is 0 Å². The van der Waals surface area contributed by atoms with Crippen LogP contribution in [0.3, 0.4) is 0 Å². The van der Waals surface area contributed by atoms with Crippen molar-refractivity contribution >= 4 is 17.0 Å². The molecule has 9 N–H and O–H groups in total. The van der Waals surface area contributed by atoms with E-state index in [1.54, 1.807) is 0 Å². The highest BCUT2D eigenvalue weighted by molar-refractivity contribution is 5.81. The molecule has 0 saturated carbocycles. The monoisotopic (exact) mass is 511 g/mol. The maximum absolute atomic E-state index is 11.4. The van der Waals surface area contributed by atoms with Crippen LogP contribution in [0.2, 0.25) is 0 Å². The lowest BCUT2D eigenvalue weighted by Gasteiger charge is -2.16. The molecule has 5 heterocycles. The summed E-state index contributed by atoms with van der Waals surface area (Å²) in [6.07, 6.45) is -5.00. The Hall–Kier alpha value is -3.29. The SMILES string of the molecule is Nc1ncnc2c1ncn2[C@@H]1O[C@H](CO)[C@@H](O)[C@H]1O.O=c1ccn([C@@H]2O[C@H](CO)[C@@H](O)[C@H]2O)c(=O)[nH]1. The minimum Gasteiger partial charge on any atom is -0.394 e. The average molecular weight is 511 g/mol. The van der Waals surface area contributed by atoms with Crippen LogP contribution in [-0.2, 0) is 9.47 Å². The molecule has 0 aliphatic carbocycles. The number of aromatic nitrogens is 6. The lowest BCUT2D eigenvalue weighted by atomic mass is 10.1. The van der Waals surface area contributed by atoms with Crippen molar-refractivity contribution in [2.24, 2.45) is 0 Å². The van der Waals surface area contributed by atoms with Gasteiger partial charge >= 0.3 is 5.69 Å². The summed E-state index contributed by atoms with van der Waals surface area (Å²) in [5.41, 5.74) is 5.12. The first-order valence-electron chi connectivity index (χ1n) is 10.7. The van der Waals surface area contributed by atoms with Gasteiger partial charge in [0, 0.05) is 12.3 Å². The van der Waals surface area contributed by atoms with Gasteiger partial charge in [0.1, 0.15) is 48.5 Å². The van der Waals surface area contributed by atoms with Gasteiger partial charge in [0.2, 0.25) is 0 Å². The highest BCUT2D eigenvalue weighted by Crippen LogP contribution is 2.31. The maximum atomic E-state index is 11.4. The number of aliphatic hydroxyl groups excluding tert-OH is 6. The molecule has 17 nitrogen and oxygen atoms in total. The lowest BCUT2D eigenvalue weighted by molar-refractivity contribution is -0.0550. The molecule has 2 aliphatic heterocycles. The van der Waals surface area contributed by atoms with E-state index in [4.69, 9.17) is 25.4 Å². The topological polar surface area (TPSA) is 264 Å². The molecule has 5 rings (SSSR count). The summed E-state index contributed by atoms with van der Waals surface area (Å²) in [5, 5.41) is 56.8. The smallest absolute Gasteiger partial charge is 0.330 e. The predicted molar refractivity (Wildman–Crippen MR) is 117 cm³/mol. The second-order valence-corrected chi connectivity index (χ2v) is 8.06. The van der Waals surface area contributed by atoms with Crippen molar-refractivity contribution in [2.75, 3.05) is 18.9 Å². The number of hydrogen-bond acceptors (Lipinski definition) is 14. The summed E-state index contributed by atoms with van der Waals surface area (Å²) in [5.74, 6) is 0.218. The number of rotatable bonds is 4. The number of H-pyrrole nitrogens is 1. The fourth-order valence-corrected chi connectivity index (χ4v) is 3.90. The number of hydrogen-bond donors (Lipinski definition) is 8. The van der Waals surface area contributed by atoms with Crippen LogP contribution in [-0.4, -0.2) is 110 Å². The highest BCUT2D eigenvalue weighted by Gasteiger charge is 2.44. The zero-order valence-electron chi connectivity index (χ0n) is 18.5. The number of nitrogen functional groups attached to an aromatic ring is 1. The van der Waals surface area contributed by atoms with Gasteiger partial charge in [-0.25, -0.2) is 19.7 Å². The summed E-state index contributed by atoms with van der Waals surface area (Å²) in [6.45, 7) is -0.870. The number of imidazole rings is 1. The fraction of sp³-hybridized carbons (Fsp3) is 0.526. The zero-order valence-corrected chi connectivity index (χ0v) is 18.5. The normalized spacial score (nSPS) is 31.9. The Bertz CT molecular complexity index is 1310. The van der Waals surface area contributed by atoms with Gasteiger partial charge in [-0.05, 0) is 0 Å². The van der Waals surface area contributed by atoms with E-state index in [2.05, 4.69) is 15.0 Å². The van der Waals surface area contributed by atoms with E-state index in [0.717, 1.165) is 16.8 Å². The molecule has 2 saturated heterocycles. The van der Waals surface area contributed by atoms with Crippen molar-refractivity contribution in [3.05, 3.63) is 45.8 Å². The third-order valence-electron chi connectivity index (χ3n) is 5.82. The molecule has 0 aromatic carbocycles. The summed E-state index contributed by atoms with van der Waals surface area (Å²) >= 11 is 0. The van der Waals surface area contributed by atoms with E-state index < -0.39 is 73.5 Å². The van der Waals surface area contributed by atoms with Gasteiger partial charge in [0.05, 0.1) is 19.5 Å². The van der Waals surface area contributed by atoms with E-state index in [1.807, 2.05) is 4.98 Å². The van der Waals surface area contributed by atoms with Crippen LogP contribution in [0.5, 0.6) is 0 Å². The number of fused-ring (bicyclic) bond motifs is 1. The van der Waals surface area contributed by atoms with Crippen molar-refractivity contribution in [3.63, 3.8) is 0 Å². The molecule has 17 heteroatoms. The third-order valence-corrected chi connectivity index (χ3v) is 5.82. The van der Waals surface area contributed by atoms with E-state index >= 15 is 0 Å². The average Bonchev–Trinajstić information content (AvgIpc) is 3.50. The molecule has 3 aromatic heterocycles. The molecule has 196 valence electrons. The van der Waals surface area contributed by atoms with Gasteiger partial charge in [-0.15, -0.1) is 0 Å². The van der Waals surface area contributed by atoms with Gasteiger partial charge < -0.3 is 45.8 Å². The summed E-state index contributed by atoms with van der Waals surface area (Å²) in [6, 6.07) is 1.09. The van der Waals surface area contributed by atoms with Crippen molar-refractivity contribution in [3.8, 4) is 0 Å². The van der Waals surface area contributed by atoms with Crippen LogP contribution in [0.4, 0.5) is 5.82 Å². The van der Waals surface area contributed by atoms with Crippen molar-refractivity contribution < 1.29 is 40.1 Å². The molecule has 2 aliphatic rings. The lowest BCUT2D eigenvalue weighted by Crippen LogP contribution is -2.37. The first-order chi connectivity index (χ1) is 17.2. The van der Waals surface area contributed by atoms with Crippen LogP contribution in [0.15, 0.2) is 34.5 Å². The molecule has 8 atom stereocenters. The number of nitrogens with one attached hydrogen (secondary N) is 1. The molecular weight excluding hydrogens is 486 g/mol. The van der Waals surface area contributed by atoms with Crippen LogP contribution >= 0.6 is 0 Å². The Morgan fingerprint density at radius 1 is 0.889 bits per heavy atom. The first-order valence-corrected chi connectivity index (χ1v) is 10.7. The highest BCUT2D eigenvalue weighted by atomic mass is 16.6. The second-order valence-electron chi connectivity index (χ2n) is 8.06. The largest absolute Gasteiger partial charge is 0.394 e. The standard InChI is InChI=1S/C10H13N5O4.C9H12N2O6/c11-8-5-9(13-2-12-8)15(3-14-5)10-7(18)6(17)4(1-16)19-10;12-3-4-6(14)7(15)8(17-4)11-2-1-5(13)10-9(11)16/h2-4,6-7,10,16-18H,1H2,(H2,11,12,13);1-2,4,6-8,12,14-15H,3H2,(H,10,13,16)/t4-,6-,7-,10-;4-,6-,7-,8-/m11/s1. The fourth-order valence-electron chi connectivity index (χ4n) is 3.90. The second kappa shape index (κ2) is 10.4. The Balaban J connectivity index is 0.000000170. The molecule has 0 spiro atoms. The molecule has 0 radical (unpaired) electrons. The van der Waals surface area contributed by atoms with Gasteiger partial charge in [-0.3, -0.25) is 18.9 Å². The van der Waals surface area contributed by atoms with Crippen molar-refractivity contribution in [1.82, 2.24) is 29.1 Å². The van der Waals surface area contributed by atoms with Crippen LogP contribution in [0.1, 0.15) is 12.5 Å². The maximum Gasteiger partial charge on any atom is 0.330 e. The quantitative estimate of drug-likeness (QED) is 0.163. The van der Waals surface area contributed by atoms with Gasteiger partial charge in [0.25, 0.3) is 5.56 Å². The molecular formula is C19H25N7O10. The van der Waals surface area contributed by atoms with E-state index in [1.165, 1.54) is 17.2 Å². The zero-order chi connectivity index (χ0) is 26.1. The van der Waals surface area contributed by atoms with E-state index in [9.17, 15) is 30.0 Å². The molecule has 36 heavy (non-hydrogen) atoms. The summed E-state index contributed by atoms with van der Waals surface area (Å²) in [7, 11) is 0. The molecule has 0 unspecified atom stereocenters. The van der Waals surface area contributed by atoms with Crippen molar-refractivity contribution in [1.29, 1.82) is 0 Å². The van der Waals surface area contributed by atoms with Gasteiger partial charge in [0.15, 0.2) is 23.9 Å². The number of nitrogens with zero attached hydrogens (tertiary/aromatic N) is 5. The Labute approximate surface area is 200 Å². The van der Waals surface area contributed by atoms with Gasteiger partial charge in [-0.1, -0.05) is 0 Å². The minimum absolute atomic E-state index is 0.218. The Morgan fingerprint density at radius 3 is 2.00 bits per heavy atom. The summed E-state index contributed by atoms with van der Waals surface area (Å²) in [4.78, 5) is 36.2. The molecule has 3 aromatic rings. The van der Waals surface area contributed by atoms with E-state index in [-0.39, 0.29) is 5.82 Å². The van der Waals surface area contributed by atoms with Crippen molar-refractivity contribution in [2.45, 2.75) is 49.1 Å². The third kappa shape index (κ3) is 4.61. The Morgan fingerprint density at radius 2 is 1.47 bits per heavy atom. The number of anilines is 1. The predicted octanol–water partition coefficient (Wildman–Crippen LogP) is -4.83. The number of aromatic amines is 1. The number of ether oxygens (including phenoxy) is 2. The minimum atomic E-state index is -1.35. The molecule has 2 fully saturated rings. The molecule has 0 amide bonds. The molecule has 0 bridgehead atoms. The van der Waals surface area contributed by atoms with Crippen LogP contribution < -0.4 is 17.0 Å². The first kappa shape index (κ1) is 25.8. The number of aliphatic hydroxyl groups is 6. The van der Waals surface area contributed by atoms with Crippen LogP contribution in [0.25, 0.3) is 11.2 Å². The van der Waals surface area contributed by atoms with Crippen LogP contribution in [0, 0.1) is 0 Å². The summed E-state index contributed by atoms with van der Waals surface area (Å²) < 4.78 is 12.9. The van der Waals surface area contributed by atoms with E-state index in [0.29, 0.717) is 11.2 Å².